The maximum Gasteiger partial charge on any atom is 0.319 e. The van der Waals surface area contributed by atoms with Crippen LogP contribution in [0.2, 0.25) is 0 Å². The Hall–Kier alpha value is -1.91. The number of carbonyl (C=O) groups excluding carboxylic acids is 2. The number of esters is 1. The van der Waals surface area contributed by atoms with Crippen molar-refractivity contribution in [1.82, 2.24) is 4.98 Å². The number of carbonyl (C=O) groups is 2. The molecule has 0 aromatic carbocycles. The maximum atomic E-state index is 12.3. The molecule has 0 aliphatic rings. The number of nitrogens with zero attached hydrogens (tertiary/aromatic N) is 1. The molecular formula is C15H22N2O3. The normalized spacial score (nSPS) is 12.7. The van der Waals surface area contributed by atoms with E-state index >= 15 is 0 Å². The third-order valence-electron chi connectivity index (χ3n) is 2.83. The van der Waals surface area contributed by atoms with Gasteiger partial charge >= 0.3 is 5.97 Å². The molecule has 1 aromatic heterocycles. The van der Waals surface area contributed by atoms with Crippen molar-refractivity contribution in [3.05, 3.63) is 24.0 Å². The lowest BCUT2D eigenvalue weighted by Crippen LogP contribution is -2.40. The van der Waals surface area contributed by atoms with Crippen LogP contribution in [0.3, 0.4) is 0 Å². The van der Waals surface area contributed by atoms with Crippen LogP contribution in [0.1, 0.15) is 33.4 Å². The van der Waals surface area contributed by atoms with E-state index in [0.29, 0.717) is 5.69 Å². The predicted molar refractivity (Wildman–Crippen MR) is 77.2 cm³/mol. The summed E-state index contributed by atoms with van der Waals surface area (Å²) in [5, 5.41) is 2.71. The molecule has 20 heavy (non-hydrogen) atoms. The van der Waals surface area contributed by atoms with Gasteiger partial charge in [0.2, 0.25) is 5.91 Å². The van der Waals surface area contributed by atoms with Gasteiger partial charge in [0.1, 0.15) is 5.92 Å². The lowest BCUT2D eigenvalue weighted by atomic mass is 9.80. The number of aryl methyl sites for hydroxylation is 1. The fraction of sp³-hybridized carbons (Fsp3) is 0.533. The molecule has 5 heteroatoms. The Kier molecular flexibility index (Phi) is 5.25. The summed E-state index contributed by atoms with van der Waals surface area (Å²) in [5.41, 5.74) is 0.911. The van der Waals surface area contributed by atoms with Crippen LogP contribution in [-0.4, -0.2) is 23.5 Å². The third kappa shape index (κ3) is 4.33. The summed E-state index contributed by atoms with van der Waals surface area (Å²) in [6, 6.07) is 3.55. The quantitative estimate of drug-likeness (QED) is 0.679. The Labute approximate surface area is 119 Å². The first kappa shape index (κ1) is 16.1. The molecule has 1 atom stereocenters. The van der Waals surface area contributed by atoms with Crippen molar-refractivity contribution in [2.45, 2.75) is 34.6 Å². The number of anilines is 1. The van der Waals surface area contributed by atoms with E-state index in [1.165, 1.54) is 0 Å². The van der Waals surface area contributed by atoms with Crippen molar-refractivity contribution in [1.29, 1.82) is 0 Å². The molecule has 1 heterocycles. The van der Waals surface area contributed by atoms with Gasteiger partial charge in [-0.3, -0.25) is 14.6 Å². The number of hydrogen-bond donors (Lipinski definition) is 1. The van der Waals surface area contributed by atoms with Crippen molar-refractivity contribution in [3.8, 4) is 0 Å². The summed E-state index contributed by atoms with van der Waals surface area (Å²) in [6.45, 7) is 9.34. The molecule has 0 saturated heterocycles. The van der Waals surface area contributed by atoms with Crippen molar-refractivity contribution in [3.63, 3.8) is 0 Å². The molecule has 1 rings (SSSR count). The topological polar surface area (TPSA) is 68.3 Å². The summed E-state index contributed by atoms with van der Waals surface area (Å²) >= 11 is 0. The average molecular weight is 278 g/mol. The fourth-order valence-electron chi connectivity index (χ4n) is 1.84. The number of pyridine rings is 1. The zero-order valence-corrected chi connectivity index (χ0v) is 12.7. The second-order valence-corrected chi connectivity index (χ2v) is 5.73. The second kappa shape index (κ2) is 6.50. The molecule has 1 amide bonds. The first-order chi connectivity index (χ1) is 9.25. The van der Waals surface area contributed by atoms with Gasteiger partial charge in [0.25, 0.3) is 0 Å². The Bertz CT molecular complexity index is 475. The van der Waals surface area contributed by atoms with Crippen LogP contribution in [0.25, 0.3) is 0 Å². The van der Waals surface area contributed by atoms with Gasteiger partial charge in [0, 0.05) is 5.69 Å². The standard InChI is InChI=1S/C15H22N2O3/c1-6-20-14(19)12(15(3,4)5)13(18)17-11-8-7-10(2)16-9-11/h7-9,12H,6H2,1-5H3,(H,17,18). The van der Waals surface area contributed by atoms with E-state index in [1.807, 2.05) is 27.7 Å². The van der Waals surface area contributed by atoms with E-state index in [4.69, 9.17) is 4.74 Å². The minimum Gasteiger partial charge on any atom is -0.465 e. The van der Waals surface area contributed by atoms with Crippen LogP contribution in [0.15, 0.2) is 18.3 Å². The number of amides is 1. The number of nitrogens with one attached hydrogen (secondary N) is 1. The fourth-order valence-corrected chi connectivity index (χ4v) is 1.84. The first-order valence-corrected chi connectivity index (χ1v) is 6.66. The van der Waals surface area contributed by atoms with E-state index in [1.54, 1.807) is 25.3 Å². The molecule has 0 aliphatic heterocycles. The zero-order valence-electron chi connectivity index (χ0n) is 12.7. The van der Waals surface area contributed by atoms with E-state index in [9.17, 15) is 9.59 Å². The van der Waals surface area contributed by atoms with E-state index in [2.05, 4.69) is 10.3 Å². The molecule has 0 fully saturated rings. The SMILES string of the molecule is CCOC(=O)C(C(=O)Nc1ccc(C)nc1)C(C)(C)C. The minimum absolute atomic E-state index is 0.255. The minimum atomic E-state index is -0.858. The molecule has 5 nitrogen and oxygen atoms in total. The van der Waals surface area contributed by atoms with Gasteiger partial charge in [-0.2, -0.15) is 0 Å². The van der Waals surface area contributed by atoms with Crippen molar-refractivity contribution >= 4 is 17.6 Å². The van der Waals surface area contributed by atoms with Gasteiger partial charge in [-0.15, -0.1) is 0 Å². The van der Waals surface area contributed by atoms with Crippen molar-refractivity contribution in [2.75, 3.05) is 11.9 Å². The molecule has 0 bridgehead atoms. The zero-order chi connectivity index (χ0) is 15.3. The lowest BCUT2D eigenvalue weighted by molar-refractivity contribution is -0.155. The summed E-state index contributed by atoms with van der Waals surface area (Å²) in [7, 11) is 0. The molecule has 1 aromatic rings. The van der Waals surface area contributed by atoms with Crippen LogP contribution in [0, 0.1) is 18.3 Å². The third-order valence-corrected chi connectivity index (χ3v) is 2.83. The second-order valence-electron chi connectivity index (χ2n) is 5.73. The summed E-state index contributed by atoms with van der Waals surface area (Å²) in [4.78, 5) is 28.4. The van der Waals surface area contributed by atoms with Crippen LogP contribution in [-0.2, 0) is 14.3 Å². The number of aromatic nitrogens is 1. The smallest absolute Gasteiger partial charge is 0.319 e. The Morgan fingerprint density at radius 2 is 2.00 bits per heavy atom. The van der Waals surface area contributed by atoms with Crippen LogP contribution in [0.5, 0.6) is 0 Å². The van der Waals surface area contributed by atoms with Crippen LogP contribution < -0.4 is 5.32 Å². The first-order valence-electron chi connectivity index (χ1n) is 6.66. The molecule has 0 aliphatic carbocycles. The van der Waals surface area contributed by atoms with Crippen molar-refractivity contribution in [2.24, 2.45) is 11.3 Å². The molecule has 110 valence electrons. The number of ether oxygens (including phenoxy) is 1. The van der Waals surface area contributed by atoms with Gasteiger partial charge in [-0.1, -0.05) is 20.8 Å². The van der Waals surface area contributed by atoms with Crippen LogP contribution >= 0.6 is 0 Å². The summed E-state index contributed by atoms with van der Waals surface area (Å²) < 4.78 is 4.99. The number of hydrogen-bond acceptors (Lipinski definition) is 4. The highest BCUT2D eigenvalue weighted by atomic mass is 16.5. The largest absolute Gasteiger partial charge is 0.465 e. The molecule has 1 N–H and O–H groups in total. The summed E-state index contributed by atoms with van der Waals surface area (Å²) in [5.74, 6) is -1.73. The van der Waals surface area contributed by atoms with E-state index < -0.39 is 17.3 Å². The lowest BCUT2D eigenvalue weighted by Gasteiger charge is -2.27. The van der Waals surface area contributed by atoms with Gasteiger partial charge in [-0.25, -0.2) is 0 Å². The molecular weight excluding hydrogens is 256 g/mol. The molecule has 0 radical (unpaired) electrons. The van der Waals surface area contributed by atoms with Gasteiger partial charge < -0.3 is 10.1 Å². The summed E-state index contributed by atoms with van der Waals surface area (Å²) in [6.07, 6.45) is 1.57. The van der Waals surface area contributed by atoms with E-state index in [-0.39, 0.29) is 12.5 Å². The predicted octanol–water partition coefficient (Wildman–Crippen LogP) is 2.55. The maximum absolute atomic E-state index is 12.3. The highest BCUT2D eigenvalue weighted by molar-refractivity contribution is 6.05. The molecule has 1 unspecified atom stereocenters. The van der Waals surface area contributed by atoms with E-state index in [0.717, 1.165) is 5.69 Å². The van der Waals surface area contributed by atoms with Gasteiger partial charge in [-0.05, 0) is 31.4 Å². The highest BCUT2D eigenvalue weighted by Crippen LogP contribution is 2.28. The van der Waals surface area contributed by atoms with Crippen molar-refractivity contribution < 1.29 is 14.3 Å². The molecule has 0 saturated carbocycles. The Balaban J connectivity index is 2.88. The highest BCUT2D eigenvalue weighted by Gasteiger charge is 2.38. The van der Waals surface area contributed by atoms with Gasteiger partial charge in [0.05, 0.1) is 18.5 Å². The van der Waals surface area contributed by atoms with Gasteiger partial charge in [0.15, 0.2) is 0 Å². The Morgan fingerprint density at radius 3 is 2.45 bits per heavy atom. The molecule has 0 spiro atoms. The average Bonchev–Trinajstić information content (AvgIpc) is 2.30. The Morgan fingerprint density at radius 1 is 1.35 bits per heavy atom. The van der Waals surface area contributed by atoms with Crippen LogP contribution in [0.4, 0.5) is 5.69 Å². The number of rotatable bonds is 4. The monoisotopic (exact) mass is 278 g/mol.